The van der Waals surface area contributed by atoms with E-state index < -0.39 is 0 Å². The highest BCUT2D eigenvalue weighted by molar-refractivity contribution is 5.58. The molecule has 1 aromatic heterocycles. The molecule has 0 aliphatic heterocycles. The van der Waals surface area contributed by atoms with E-state index in [1.165, 1.54) is 0 Å². The molecule has 0 amide bonds. The van der Waals surface area contributed by atoms with Crippen LogP contribution in [-0.2, 0) is 12.8 Å². The largest absolute Gasteiger partial charge is 0.396 e. The first-order valence-corrected chi connectivity index (χ1v) is 5.24. The molecule has 0 atom stereocenters. The van der Waals surface area contributed by atoms with E-state index >= 15 is 0 Å². The molecule has 0 saturated carbocycles. The van der Waals surface area contributed by atoms with Crippen molar-refractivity contribution in [1.82, 2.24) is 10.1 Å². The molecular formula is C12H11N3O2. The van der Waals surface area contributed by atoms with Gasteiger partial charge in [-0.1, -0.05) is 23.4 Å². The number of nitriles is 1. The van der Waals surface area contributed by atoms with Crippen LogP contribution in [0.1, 0.15) is 11.4 Å². The smallest absolute Gasteiger partial charge is 0.258 e. The fourth-order valence-electron chi connectivity index (χ4n) is 1.53. The maximum atomic E-state index is 8.77. The lowest BCUT2D eigenvalue weighted by molar-refractivity contribution is 0.293. The van der Waals surface area contributed by atoms with Crippen LogP contribution >= 0.6 is 0 Å². The first-order valence-electron chi connectivity index (χ1n) is 5.24. The minimum absolute atomic E-state index is 0.0151. The minimum atomic E-state index is -0.0151. The maximum absolute atomic E-state index is 8.77. The Bertz CT molecular complexity index is 543. The van der Waals surface area contributed by atoms with Crippen LogP contribution in [0.25, 0.3) is 11.5 Å². The van der Waals surface area contributed by atoms with Gasteiger partial charge in [-0.2, -0.15) is 10.2 Å². The predicted molar refractivity (Wildman–Crippen MR) is 59.8 cm³/mol. The van der Waals surface area contributed by atoms with Crippen LogP contribution in [0, 0.1) is 11.3 Å². The summed E-state index contributed by atoms with van der Waals surface area (Å²) in [5.41, 5.74) is 1.62. The van der Waals surface area contributed by atoms with Gasteiger partial charge in [-0.3, -0.25) is 0 Å². The summed E-state index contributed by atoms with van der Waals surface area (Å²) in [6.07, 6.45) is 0.664. The molecule has 2 aromatic rings. The van der Waals surface area contributed by atoms with Crippen LogP contribution in [-0.4, -0.2) is 21.9 Å². The Kier molecular flexibility index (Phi) is 3.48. The van der Waals surface area contributed by atoms with Crippen molar-refractivity contribution in [3.8, 4) is 17.5 Å². The molecule has 0 bridgehead atoms. The van der Waals surface area contributed by atoms with E-state index in [1.54, 1.807) is 0 Å². The van der Waals surface area contributed by atoms with Gasteiger partial charge in [0.15, 0.2) is 5.82 Å². The Balaban J connectivity index is 2.35. The third-order valence-electron chi connectivity index (χ3n) is 2.32. The quantitative estimate of drug-likeness (QED) is 0.855. The summed E-state index contributed by atoms with van der Waals surface area (Å²) in [5, 5.41) is 21.3. The van der Waals surface area contributed by atoms with Crippen LogP contribution in [0.2, 0.25) is 0 Å². The van der Waals surface area contributed by atoms with Crippen molar-refractivity contribution in [2.45, 2.75) is 12.8 Å². The highest BCUT2D eigenvalue weighted by Crippen LogP contribution is 2.22. The second-order valence-corrected chi connectivity index (χ2v) is 3.48. The Morgan fingerprint density at radius 3 is 2.94 bits per heavy atom. The Morgan fingerprint density at radius 2 is 2.18 bits per heavy atom. The van der Waals surface area contributed by atoms with Gasteiger partial charge in [0.1, 0.15) is 0 Å². The number of aromatic nitrogens is 2. The molecule has 1 N–H and O–H groups in total. The lowest BCUT2D eigenvalue weighted by atomic mass is 10.1. The topological polar surface area (TPSA) is 82.9 Å². The second-order valence-electron chi connectivity index (χ2n) is 3.48. The van der Waals surface area contributed by atoms with Crippen molar-refractivity contribution in [3.05, 3.63) is 35.7 Å². The molecule has 0 fully saturated rings. The SMILES string of the molecule is N#CCc1ccccc1-c1nc(CCO)no1. The molecular weight excluding hydrogens is 218 g/mol. The zero-order chi connectivity index (χ0) is 12.1. The maximum Gasteiger partial charge on any atom is 0.258 e. The summed E-state index contributed by atoms with van der Waals surface area (Å²) in [6.45, 7) is -0.0151. The molecule has 5 nitrogen and oxygen atoms in total. The normalized spacial score (nSPS) is 10.1. The Labute approximate surface area is 98.3 Å². The average Bonchev–Trinajstić information content (AvgIpc) is 2.79. The number of nitrogens with zero attached hydrogens (tertiary/aromatic N) is 3. The van der Waals surface area contributed by atoms with Crippen LogP contribution < -0.4 is 0 Å². The molecule has 0 aliphatic rings. The zero-order valence-corrected chi connectivity index (χ0v) is 9.13. The number of hydrogen-bond donors (Lipinski definition) is 1. The molecule has 1 heterocycles. The van der Waals surface area contributed by atoms with Gasteiger partial charge in [0, 0.05) is 12.0 Å². The van der Waals surface area contributed by atoms with Gasteiger partial charge >= 0.3 is 0 Å². The van der Waals surface area contributed by atoms with E-state index in [1.807, 2.05) is 24.3 Å². The third kappa shape index (κ3) is 2.49. The van der Waals surface area contributed by atoms with Gasteiger partial charge in [0.25, 0.3) is 5.89 Å². The number of aliphatic hydroxyl groups is 1. The first kappa shape index (κ1) is 11.3. The van der Waals surface area contributed by atoms with Crippen molar-refractivity contribution in [1.29, 1.82) is 5.26 Å². The molecule has 17 heavy (non-hydrogen) atoms. The molecule has 1 aromatic carbocycles. The molecule has 0 unspecified atom stereocenters. The molecule has 5 heteroatoms. The Morgan fingerprint density at radius 1 is 1.35 bits per heavy atom. The predicted octanol–water partition coefficient (Wildman–Crippen LogP) is 1.34. The molecule has 86 valence electrons. The monoisotopic (exact) mass is 229 g/mol. The fourth-order valence-corrected chi connectivity index (χ4v) is 1.53. The summed E-state index contributed by atoms with van der Waals surface area (Å²) in [5.74, 6) is 0.855. The third-order valence-corrected chi connectivity index (χ3v) is 2.32. The standard InChI is InChI=1S/C12H11N3O2/c13-7-5-9-3-1-2-4-10(9)12-14-11(6-8-16)15-17-12/h1-4,16H,5-6,8H2. The summed E-state index contributed by atoms with van der Waals surface area (Å²) in [7, 11) is 0. The van der Waals surface area contributed by atoms with Crippen molar-refractivity contribution < 1.29 is 9.63 Å². The summed E-state index contributed by atoms with van der Waals surface area (Å²) in [4.78, 5) is 4.17. The fraction of sp³-hybridized carbons (Fsp3) is 0.250. The van der Waals surface area contributed by atoms with Gasteiger partial charge in [0.2, 0.25) is 0 Å². The van der Waals surface area contributed by atoms with Crippen molar-refractivity contribution in [3.63, 3.8) is 0 Å². The van der Waals surface area contributed by atoms with E-state index in [0.29, 0.717) is 24.6 Å². The lowest BCUT2D eigenvalue weighted by Gasteiger charge is -2.00. The molecule has 0 spiro atoms. The number of rotatable bonds is 4. The van der Waals surface area contributed by atoms with E-state index in [0.717, 1.165) is 11.1 Å². The van der Waals surface area contributed by atoms with Gasteiger partial charge in [-0.25, -0.2) is 0 Å². The van der Waals surface area contributed by atoms with Gasteiger partial charge in [-0.05, 0) is 11.6 Å². The first-order chi connectivity index (χ1) is 8.35. The van der Waals surface area contributed by atoms with E-state index in [9.17, 15) is 0 Å². The lowest BCUT2D eigenvalue weighted by Crippen LogP contribution is -1.93. The van der Waals surface area contributed by atoms with Crippen LogP contribution in [0.5, 0.6) is 0 Å². The van der Waals surface area contributed by atoms with E-state index in [2.05, 4.69) is 16.2 Å². The van der Waals surface area contributed by atoms with Gasteiger partial charge in [-0.15, -0.1) is 0 Å². The van der Waals surface area contributed by atoms with Crippen LogP contribution in [0.4, 0.5) is 0 Å². The number of hydrogen-bond acceptors (Lipinski definition) is 5. The van der Waals surface area contributed by atoms with Crippen molar-refractivity contribution in [2.24, 2.45) is 0 Å². The number of benzene rings is 1. The molecule has 0 aliphatic carbocycles. The van der Waals surface area contributed by atoms with Crippen molar-refractivity contribution in [2.75, 3.05) is 6.61 Å². The summed E-state index contributed by atoms with van der Waals surface area (Å²) >= 11 is 0. The second kappa shape index (κ2) is 5.23. The summed E-state index contributed by atoms with van der Waals surface area (Å²) in [6, 6.07) is 9.50. The minimum Gasteiger partial charge on any atom is -0.396 e. The molecule has 2 rings (SSSR count). The van der Waals surface area contributed by atoms with Crippen LogP contribution in [0.15, 0.2) is 28.8 Å². The van der Waals surface area contributed by atoms with E-state index in [-0.39, 0.29) is 6.61 Å². The van der Waals surface area contributed by atoms with Crippen molar-refractivity contribution >= 4 is 0 Å². The van der Waals surface area contributed by atoms with Gasteiger partial charge in [0.05, 0.1) is 19.1 Å². The highest BCUT2D eigenvalue weighted by atomic mass is 16.5. The average molecular weight is 229 g/mol. The molecule has 0 saturated heterocycles. The van der Waals surface area contributed by atoms with Crippen LogP contribution in [0.3, 0.4) is 0 Å². The summed E-state index contributed by atoms with van der Waals surface area (Å²) < 4.78 is 5.11. The zero-order valence-electron chi connectivity index (χ0n) is 9.13. The van der Waals surface area contributed by atoms with E-state index in [4.69, 9.17) is 14.9 Å². The number of aliphatic hydroxyl groups excluding tert-OH is 1. The highest BCUT2D eigenvalue weighted by Gasteiger charge is 2.11. The Hall–Kier alpha value is -2.19. The van der Waals surface area contributed by atoms with Gasteiger partial charge < -0.3 is 9.63 Å². The molecule has 0 radical (unpaired) electrons.